The lowest BCUT2D eigenvalue weighted by molar-refractivity contribution is -0.142. The third kappa shape index (κ3) is 4.59. The van der Waals surface area contributed by atoms with Crippen molar-refractivity contribution in [2.75, 3.05) is 6.54 Å². The molecule has 1 saturated carbocycles. The Morgan fingerprint density at radius 1 is 1.19 bits per heavy atom. The zero-order valence-corrected chi connectivity index (χ0v) is 21.3. The van der Waals surface area contributed by atoms with E-state index in [0.717, 1.165) is 12.1 Å². The molecule has 3 unspecified atom stereocenters. The molecule has 4 rings (SSSR count). The summed E-state index contributed by atoms with van der Waals surface area (Å²) in [6, 6.07) is 8.36. The fourth-order valence-corrected chi connectivity index (χ4v) is 7.37. The summed E-state index contributed by atoms with van der Waals surface area (Å²) in [5.41, 5.74) is 3.57. The number of primary amides is 1. The molecule has 1 amide bonds. The molecule has 13 heteroatoms. The largest absolute Gasteiger partial charge is 0.480 e. The molecule has 1 saturated heterocycles. The Balaban J connectivity index is 1.76. The quantitative estimate of drug-likeness (QED) is 0.492. The number of carboxylic acids is 1. The highest BCUT2D eigenvalue weighted by atomic mass is 35.5. The van der Waals surface area contributed by atoms with Crippen molar-refractivity contribution in [3.05, 3.63) is 63.9 Å². The Labute approximate surface area is 221 Å². The molecular weight excluding hydrogens is 548 g/mol. The van der Waals surface area contributed by atoms with Crippen LogP contribution in [0.25, 0.3) is 0 Å². The number of aliphatic carboxylic acids is 1. The predicted molar refractivity (Wildman–Crippen MR) is 130 cm³/mol. The summed E-state index contributed by atoms with van der Waals surface area (Å²) in [5.74, 6) is -5.16. The van der Waals surface area contributed by atoms with Gasteiger partial charge in [0.25, 0.3) is 0 Å². The van der Waals surface area contributed by atoms with Crippen molar-refractivity contribution in [1.82, 2.24) is 4.90 Å². The second kappa shape index (κ2) is 9.68. The van der Waals surface area contributed by atoms with Gasteiger partial charge in [-0.3, -0.25) is 19.3 Å². The number of carbonyl (C=O) groups excluding carboxylic acids is 2. The summed E-state index contributed by atoms with van der Waals surface area (Å²) >= 11 is 11.9. The zero-order valence-electron chi connectivity index (χ0n) is 19.0. The number of amides is 1. The number of nitrogens with zero attached hydrogens (tertiary/aromatic N) is 2. The molecule has 1 aliphatic heterocycles. The number of hydrogen-bond acceptors (Lipinski definition) is 7. The smallest absolute Gasteiger partial charge is 0.320 e. The first-order valence-electron chi connectivity index (χ1n) is 11.0. The van der Waals surface area contributed by atoms with Gasteiger partial charge in [0.2, 0.25) is 5.91 Å². The van der Waals surface area contributed by atoms with Crippen molar-refractivity contribution < 1.29 is 32.3 Å². The van der Waals surface area contributed by atoms with Gasteiger partial charge in [0.1, 0.15) is 17.1 Å². The summed E-state index contributed by atoms with van der Waals surface area (Å²) in [6.07, 6.45) is -0.289. The lowest BCUT2D eigenvalue weighted by Gasteiger charge is -2.23. The first kappa shape index (κ1) is 27.0. The van der Waals surface area contributed by atoms with Crippen molar-refractivity contribution in [3.8, 4) is 6.07 Å². The second-order valence-electron chi connectivity index (χ2n) is 9.08. The molecule has 1 heterocycles. The first-order valence-corrected chi connectivity index (χ1v) is 13.3. The Hall–Kier alpha value is -3.04. The lowest BCUT2D eigenvalue weighted by atomic mass is 9.95. The minimum absolute atomic E-state index is 0.00668. The number of carbonyl (C=O) groups is 3. The van der Waals surface area contributed by atoms with Gasteiger partial charge in [-0.05, 0) is 42.7 Å². The highest BCUT2D eigenvalue weighted by Crippen LogP contribution is 2.52. The fraction of sp³-hybridized carbons (Fsp3) is 0.333. The summed E-state index contributed by atoms with van der Waals surface area (Å²) in [6.45, 7) is -0.234. The van der Waals surface area contributed by atoms with E-state index in [1.165, 1.54) is 35.2 Å². The van der Waals surface area contributed by atoms with Crippen LogP contribution in [-0.2, 0) is 24.2 Å². The van der Waals surface area contributed by atoms with Crippen LogP contribution in [0.4, 0.5) is 4.39 Å². The molecule has 2 aromatic rings. The minimum atomic E-state index is -4.54. The molecule has 0 aromatic heterocycles. The first-order chi connectivity index (χ1) is 17.3. The Morgan fingerprint density at radius 3 is 2.41 bits per heavy atom. The summed E-state index contributed by atoms with van der Waals surface area (Å²) in [7, 11) is -4.54. The molecular formula is C24H20Cl2FN3O6S. The zero-order chi connectivity index (χ0) is 27.3. The Kier molecular flexibility index (Phi) is 7.07. The molecule has 3 N–H and O–H groups in total. The van der Waals surface area contributed by atoms with Gasteiger partial charge < -0.3 is 10.8 Å². The maximum absolute atomic E-state index is 14.4. The highest BCUT2D eigenvalue weighted by Gasteiger charge is 2.66. The number of benzene rings is 2. The number of hydrogen-bond donors (Lipinski definition) is 2. The van der Waals surface area contributed by atoms with Crippen LogP contribution in [0.3, 0.4) is 0 Å². The van der Waals surface area contributed by atoms with E-state index in [1.807, 2.05) is 6.07 Å². The van der Waals surface area contributed by atoms with E-state index >= 15 is 0 Å². The van der Waals surface area contributed by atoms with E-state index in [2.05, 4.69) is 0 Å². The van der Waals surface area contributed by atoms with Crippen LogP contribution in [-0.4, -0.2) is 54.7 Å². The van der Waals surface area contributed by atoms with Gasteiger partial charge in [0.15, 0.2) is 21.0 Å². The predicted octanol–water partition coefficient (Wildman–Crippen LogP) is 2.76. The fourth-order valence-electron chi connectivity index (χ4n) is 4.93. The average Bonchev–Trinajstić information content (AvgIpc) is 3.42. The maximum Gasteiger partial charge on any atom is 0.320 e. The number of rotatable bonds is 8. The van der Waals surface area contributed by atoms with Gasteiger partial charge in [0.05, 0.1) is 21.0 Å². The Morgan fingerprint density at radius 2 is 1.86 bits per heavy atom. The second-order valence-corrected chi connectivity index (χ2v) is 11.9. The van der Waals surface area contributed by atoms with Gasteiger partial charge in [-0.25, -0.2) is 12.8 Å². The highest BCUT2D eigenvalue weighted by molar-refractivity contribution is 7.92. The van der Waals surface area contributed by atoms with E-state index in [1.54, 1.807) is 0 Å². The number of carboxylic acid groups (broad SMARTS) is 1. The normalized spacial score (nSPS) is 26.3. The molecule has 0 radical (unpaired) electrons. The lowest BCUT2D eigenvalue weighted by Crippen LogP contribution is -2.42. The number of ketones is 1. The van der Waals surface area contributed by atoms with Crippen LogP contribution < -0.4 is 5.73 Å². The topological polar surface area (TPSA) is 159 Å². The molecule has 2 fully saturated rings. The van der Waals surface area contributed by atoms with E-state index in [9.17, 15) is 37.6 Å². The molecule has 37 heavy (non-hydrogen) atoms. The van der Waals surface area contributed by atoms with Crippen LogP contribution in [0.1, 0.15) is 23.7 Å². The van der Waals surface area contributed by atoms with Crippen LogP contribution >= 0.6 is 23.2 Å². The van der Waals surface area contributed by atoms with Crippen LogP contribution in [0.15, 0.2) is 47.4 Å². The van der Waals surface area contributed by atoms with Gasteiger partial charge >= 0.3 is 5.97 Å². The molecule has 5 atom stereocenters. The third-order valence-corrected chi connectivity index (χ3v) is 9.79. The van der Waals surface area contributed by atoms with Crippen LogP contribution in [0, 0.1) is 28.5 Å². The van der Waals surface area contributed by atoms with Gasteiger partial charge in [-0.2, -0.15) is 5.26 Å². The molecule has 1 aliphatic carbocycles. The van der Waals surface area contributed by atoms with Crippen molar-refractivity contribution >= 4 is 50.7 Å². The van der Waals surface area contributed by atoms with Crippen molar-refractivity contribution in [1.29, 1.82) is 5.26 Å². The van der Waals surface area contributed by atoms with Gasteiger partial charge in [-0.1, -0.05) is 41.4 Å². The molecule has 9 nitrogen and oxygen atoms in total. The van der Waals surface area contributed by atoms with Gasteiger partial charge in [-0.15, -0.1) is 0 Å². The van der Waals surface area contributed by atoms with Crippen LogP contribution in [0.2, 0.25) is 10.0 Å². The number of likely N-dealkylation sites (tertiary alicyclic amines) is 1. The van der Waals surface area contributed by atoms with E-state index in [4.69, 9.17) is 28.9 Å². The van der Waals surface area contributed by atoms with Crippen molar-refractivity contribution in [3.63, 3.8) is 0 Å². The minimum Gasteiger partial charge on any atom is -0.480 e. The number of Topliss-reactive ketones (excluding diaryl/α,β-unsaturated/α-hetero) is 1. The summed E-state index contributed by atoms with van der Waals surface area (Å²) in [4.78, 5) is 38.7. The monoisotopic (exact) mass is 567 g/mol. The summed E-state index contributed by atoms with van der Waals surface area (Å²) in [5, 5.41) is 16.9. The maximum atomic E-state index is 14.4. The number of nitrogens with two attached hydrogens (primary N) is 1. The number of sulfone groups is 1. The van der Waals surface area contributed by atoms with Crippen molar-refractivity contribution in [2.45, 2.75) is 35.1 Å². The molecule has 0 spiro atoms. The number of halogens is 3. The molecule has 194 valence electrons. The van der Waals surface area contributed by atoms with E-state index in [-0.39, 0.29) is 39.9 Å². The summed E-state index contributed by atoms with van der Waals surface area (Å²) < 4.78 is 41.8. The van der Waals surface area contributed by atoms with Gasteiger partial charge in [0, 0.05) is 18.5 Å². The third-order valence-electron chi connectivity index (χ3n) is 6.95. The van der Waals surface area contributed by atoms with Crippen LogP contribution in [0.5, 0.6) is 0 Å². The average molecular weight is 568 g/mol. The Bertz CT molecular complexity index is 1460. The molecule has 2 aliphatic rings. The number of nitriles is 1. The van der Waals surface area contributed by atoms with Crippen molar-refractivity contribution in [2.24, 2.45) is 17.1 Å². The van der Waals surface area contributed by atoms with E-state index in [0.29, 0.717) is 0 Å². The molecule has 0 bridgehead atoms. The standard InChI is InChI=1S/C24H20Cl2FN3O6S/c25-14-6-5-12(7-16(14)27)21(37(35,36)18-4-2-1-3-15(18)26)20(31)13-8-17(22(32)33)30(10-13)19-9-24(19,11-28)23(29)34/h1-7,13,17,19,21H,8-10H2,(H2,29,34)(H,32,33)/t13-,17+,19?,21?,24?/m1/s1. The van der Waals surface area contributed by atoms with E-state index < -0.39 is 62.0 Å². The molecule has 2 aromatic carbocycles. The SMILES string of the molecule is N#CC1(C(N)=O)CC1N1C[C@H](C(=O)C(c2ccc(Cl)c(F)c2)S(=O)(=O)c2ccccc2Cl)C[C@H]1C(=O)O.